The lowest BCUT2D eigenvalue weighted by Gasteiger charge is -2.13. The molecule has 5 nitrogen and oxygen atoms in total. The molecular weight excluding hydrogens is 328 g/mol. The second-order valence-electron chi connectivity index (χ2n) is 6.90. The number of benzene rings is 2. The molecule has 2 fully saturated rings. The average molecular weight is 350 g/mol. The first-order valence-corrected chi connectivity index (χ1v) is 9.11. The van der Waals surface area contributed by atoms with Gasteiger partial charge in [-0.15, -0.1) is 0 Å². The van der Waals surface area contributed by atoms with E-state index in [0.717, 1.165) is 17.3 Å². The molecule has 1 saturated carbocycles. The number of carbonyl (C=O) groups excluding carboxylic acids is 2. The van der Waals surface area contributed by atoms with Gasteiger partial charge in [-0.25, -0.2) is 4.79 Å². The molecule has 2 aromatic rings. The molecule has 1 saturated heterocycles. The van der Waals surface area contributed by atoms with E-state index < -0.39 is 0 Å². The fraction of sp³-hybridized carbons (Fsp3) is 0.333. The highest BCUT2D eigenvalue weighted by Gasteiger charge is 2.36. The molecule has 1 N–H and O–H groups in total. The second kappa shape index (κ2) is 6.83. The average Bonchev–Trinajstić information content (AvgIpc) is 3.34. The van der Waals surface area contributed by atoms with Gasteiger partial charge in [-0.05, 0) is 60.2 Å². The Morgan fingerprint density at radius 2 is 1.88 bits per heavy atom. The molecule has 26 heavy (non-hydrogen) atoms. The minimum Gasteiger partial charge on any atom is -0.447 e. The normalized spacial score (nSPS) is 21.4. The van der Waals surface area contributed by atoms with Crippen molar-refractivity contribution >= 4 is 23.4 Å². The first-order chi connectivity index (χ1) is 12.7. The number of hydrogen-bond donors (Lipinski definition) is 1. The van der Waals surface area contributed by atoms with E-state index >= 15 is 0 Å². The van der Waals surface area contributed by atoms with Crippen LogP contribution in [-0.2, 0) is 4.74 Å². The summed E-state index contributed by atoms with van der Waals surface area (Å²) in [5, 5.41) is 2.92. The molecule has 2 amide bonds. The Labute approximate surface area is 153 Å². The summed E-state index contributed by atoms with van der Waals surface area (Å²) in [5.41, 5.74) is 3.44. The van der Waals surface area contributed by atoms with E-state index in [0.29, 0.717) is 24.6 Å². The van der Waals surface area contributed by atoms with Gasteiger partial charge in [0.05, 0.1) is 6.54 Å². The highest BCUT2D eigenvalue weighted by molar-refractivity contribution is 6.04. The van der Waals surface area contributed by atoms with Gasteiger partial charge in [0.25, 0.3) is 5.91 Å². The van der Waals surface area contributed by atoms with Crippen molar-refractivity contribution in [2.24, 2.45) is 5.92 Å². The fourth-order valence-electron chi connectivity index (χ4n) is 3.54. The van der Waals surface area contributed by atoms with E-state index in [-0.39, 0.29) is 12.0 Å². The third-order valence-corrected chi connectivity index (χ3v) is 5.25. The van der Waals surface area contributed by atoms with Crippen LogP contribution in [0.1, 0.15) is 41.6 Å². The van der Waals surface area contributed by atoms with Crippen molar-refractivity contribution in [1.29, 1.82) is 0 Å². The Morgan fingerprint density at radius 3 is 2.46 bits per heavy atom. The summed E-state index contributed by atoms with van der Waals surface area (Å²) in [6.07, 6.45) is 2.16. The summed E-state index contributed by atoms with van der Waals surface area (Å²) in [6.45, 7) is 3.17. The zero-order chi connectivity index (χ0) is 18.1. The zero-order valence-corrected chi connectivity index (χ0v) is 14.8. The van der Waals surface area contributed by atoms with Crippen molar-refractivity contribution in [3.63, 3.8) is 0 Å². The van der Waals surface area contributed by atoms with Crippen LogP contribution in [0.25, 0.3) is 0 Å². The highest BCUT2D eigenvalue weighted by Crippen LogP contribution is 2.49. The van der Waals surface area contributed by atoms with Crippen molar-refractivity contribution in [2.75, 3.05) is 23.4 Å². The number of carbonyl (C=O) groups is 2. The number of cyclic esters (lactones) is 1. The SMILES string of the molecule is CC[C@H]1C[C@H]1c1ccc(NC(=O)c2ccc(N3CCOC3=O)cc2)cc1. The van der Waals surface area contributed by atoms with Crippen molar-refractivity contribution in [3.8, 4) is 0 Å². The van der Waals surface area contributed by atoms with Crippen molar-refractivity contribution in [3.05, 3.63) is 59.7 Å². The molecule has 1 heterocycles. The first kappa shape index (κ1) is 16.6. The largest absolute Gasteiger partial charge is 0.447 e. The van der Waals surface area contributed by atoms with Crippen LogP contribution in [0.2, 0.25) is 0 Å². The summed E-state index contributed by atoms with van der Waals surface area (Å²) in [4.78, 5) is 25.6. The van der Waals surface area contributed by atoms with Crippen LogP contribution in [0, 0.1) is 5.92 Å². The maximum absolute atomic E-state index is 12.4. The van der Waals surface area contributed by atoms with Crippen LogP contribution < -0.4 is 10.2 Å². The van der Waals surface area contributed by atoms with E-state index in [1.807, 2.05) is 12.1 Å². The topological polar surface area (TPSA) is 58.6 Å². The number of anilines is 2. The lowest BCUT2D eigenvalue weighted by molar-refractivity contribution is 0.102. The van der Waals surface area contributed by atoms with E-state index in [1.165, 1.54) is 18.4 Å². The van der Waals surface area contributed by atoms with Gasteiger partial charge in [-0.3, -0.25) is 9.69 Å². The number of nitrogens with zero attached hydrogens (tertiary/aromatic N) is 1. The summed E-state index contributed by atoms with van der Waals surface area (Å²) in [6, 6.07) is 15.1. The molecule has 2 atom stereocenters. The minimum absolute atomic E-state index is 0.161. The van der Waals surface area contributed by atoms with Crippen LogP contribution in [0.5, 0.6) is 0 Å². The van der Waals surface area contributed by atoms with Crippen LogP contribution in [0.15, 0.2) is 48.5 Å². The Hall–Kier alpha value is -2.82. The smallest absolute Gasteiger partial charge is 0.414 e. The van der Waals surface area contributed by atoms with Gasteiger partial charge in [0.2, 0.25) is 0 Å². The second-order valence-corrected chi connectivity index (χ2v) is 6.90. The van der Waals surface area contributed by atoms with Crippen LogP contribution in [0.3, 0.4) is 0 Å². The number of nitrogens with one attached hydrogen (secondary N) is 1. The van der Waals surface area contributed by atoms with Gasteiger partial charge >= 0.3 is 6.09 Å². The molecule has 0 spiro atoms. The molecule has 1 aliphatic heterocycles. The number of rotatable bonds is 5. The first-order valence-electron chi connectivity index (χ1n) is 9.11. The molecule has 1 aliphatic carbocycles. The molecule has 0 aromatic heterocycles. The van der Waals surface area contributed by atoms with Crippen molar-refractivity contribution in [2.45, 2.75) is 25.7 Å². The molecule has 2 aromatic carbocycles. The summed E-state index contributed by atoms with van der Waals surface area (Å²) < 4.78 is 4.93. The summed E-state index contributed by atoms with van der Waals surface area (Å²) in [5.74, 6) is 1.35. The Balaban J connectivity index is 1.39. The van der Waals surface area contributed by atoms with E-state index in [2.05, 4.69) is 24.4 Å². The summed E-state index contributed by atoms with van der Waals surface area (Å²) >= 11 is 0. The van der Waals surface area contributed by atoms with Gasteiger partial charge in [-0.2, -0.15) is 0 Å². The quantitative estimate of drug-likeness (QED) is 0.869. The molecule has 0 radical (unpaired) electrons. The monoisotopic (exact) mass is 350 g/mol. The lowest BCUT2D eigenvalue weighted by atomic mass is 10.1. The zero-order valence-electron chi connectivity index (χ0n) is 14.8. The molecule has 134 valence electrons. The highest BCUT2D eigenvalue weighted by atomic mass is 16.6. The van der Waals surface area contributed by atoms with Gasteiger partial charge in [-0.1, -0.05) is 25.5 Å². The maximum atomic E-state index is 12.4. The molecule has 0 unspecified atom stereocenters. The standard InChI is InChI=1S/C21H22N2O3/c1-2-14-13-19(14)15-3-7-17(8-4-15)22-20(24)16-5-9-18(10-6-16)23-11-12-26-21(23)25/h3-10,14,19H,2,11-13H2,1H3,(H,22,24)/t14-,19+/m0/s1. The molecule has 5 heteroatoms. The molecule has 4 rings (SSSR count). The van der Waals surface area contributed by atoms with Gasteiger partial charge in [0, 0.05) is 16.9 Å². The predicted molar refractivity (Wildman–Crippen MR) is 101 cm³/mol. The Bertz CT molecular complexity index is 814. The number of hydrogen-bond acceptors (Lipinski definition) is 3. The fourth-order valence-corrected chi connectivity index (χ4v) is 3.54. The minimum atomic E-state index is -0.344. The number of amides is 2. The third kappa shape index (κ3) is 3.29. The Morgan fingerprint density at radius 1 is 1.15 bits per heavy atom. The molecule has 2 aliphatic rings. The van der Waals surface area contributed by atoms with E-state index in [4.69, 9.17) is 4.74 Å². The molecule has 0 bridgehead atoms. The summed E-state index contributed by atoms with van der Waals surface area (Å²) in [7, 11) is 0. The lowest BCUT2D eigenvalue weighted by Crippen LogP contribution is -2.23. The molecular formula is C21H22N2O3. The third-order valence-electron chi connectivity index (χ3n) is 5.25. The van der Waals surface area contributed by atoms with Gasteiger partial charge in [0.1, 0.15) is 6.61 Å². The van der Waals surface area contributed by atoms with Crippen molar-refractivity contribution in [1.82, 2.24) is 0 Å². The number of ether oxygens (including phenoxy) is 1. The van der Waals surface area contributed by atoms with Crippen LogP contribution in [-0.4, -0.2) is 25.2 Å². The Kier molecular flexibility index (Phi) is 4.37. The predicted octanol–water partition coefficient (Wildman–Crippen LogP) is 4.41. The van der Waals surface area contributed by atoms with Crippen molar-refractivity contribution < 1.29 is 14.3 Å². The van der Waals surface area contributed by atoms with E-state index in [1.54, 1.807) is 29.2 Å². The van der Waals surface area contributed by atoms with Gasteiger partial charge < -0.3 is 10.1 Å². The van der Waals surface area contributed by atoms with Crippen LogP contribution >= 0.6 is 0 Å². The van der Waals surface area contributed by atoms with E-state index in [9.17, 15) is 9.59 Å². The van der Waals surface area contributed by atoms with Crippen LogP contribution in [0.4, 0.5) is 16.2 Å². The van der Waals surface area contributed by atoms with Gasteiger partial charge in [0.15, 0.2) is 0 Å². The maximum Gasteiger partial charge on any atom is 0.414 e.